The number of nitrogens with zero attached hydrogens (tertiary/aromatic N) is 1. The Balaban J connectivity index is 1.79. The van der Waals surface area contributed by atoms with E-state index in [0.29, 0.717) is 12.5 Å². The zero-order chi connectivity index (χ0) is 13.7. The van der Waals surface area contributed by atoms with Gasteiger partial charge >= 0.3 is 0 Å². The molecule has 0 saturated carbocycles. The Labute approximate surface area is 116 Å². The minimum absolute atomic E-state index is 0.178. The molecule has 2 rings (SSSR count). The van der Waals surface area contributed by atoms with Gasteiger partial charge in [0.2, 0.25) is 5.91 Å². The van der Waals surface area contributed by atoms with Gasteiger partial charge in [-0.2, -0.15) is 0 Å². The summed E-state index contributed by atoms with van der Waals surface area (Å²) in [5.41, 5.74) is 2.82. The molecule has 1 heterocycles. The Morgan fingerprint density at radius 3 is 3.00 bits per heavy atom. The summed E-state index contributed by atoms with van der Waals surface area (Å²) in [6, 6.07) is 9.21. The lowest BCUT2D eigenvalue weighted by Gasteiger charge is -2.24. The van der Waals surface area contributed by atoms with Gasteiger partial charge in [0.1, 0.15) is 0 Å². The predicted octanol–water partition coefficient (Wildman–Crippen LogP) is 2.74. The van der Waals surface area contributed by atoms with Crippen LogP contribution in [-0.2, 0) is 11.2 Å². The summed E-state index contributed by atoms with van der Waals surface area (Å²) in [7, 11) is 0. The van der Waals surface area contributed by atoms with Crippen LogP contribution < -0.4 is 10.2 Å². The maximum atomic E-state index is 11.4. The lowest BCUT2D eigenvalue weighted by atomic mass is 10.1. The lowest BCUT2D eigenvalue weighted by Crippen LogP contribution is -2.33. The second-order valence-electron chi connectivity index (χ2n) is 5.33. The molecule has 0 radical (unpaired) electrons. The normalized spacial score (nSPS) is 17.4. The number of fused-ring (bicyclic) bond motifs is 1. The SMILES string of the molecule is CCCC(=O)NCCCN1c2ccccc2CC1C. The lowest BCUT2D eigenvalue weighted by molar-refractivity contribution is -0.121. The average molecular weight is 260 g/mol. The fourth-order valence-corrected chi connectivity index (χ4v) is 2.76. The molecule has 1 N–H and O–H groups in total. The molecule has 3 nitrogen and oxygen atoms in total. The number of nitrogens with one attached hydrogen (secondary N) is 1. The third-order valence-corrected chi connectivity index (χ3v) is 3.72. The zero-order valence-electron chi connectivity index (χ0n) is 12.0. The van der Waals surface area contributed by atoms with Gasteiger partial charge in [-0.3, -0.25) is 4.79 Å². The molecule has 0 aromatic heterocycles. The van der Waals surface area contributed by atoms with Crippen molar-refractivity contribution in [2.45, 2.75) is 45.6 Å². The van der Waals surface area contributed by atoms with Crippen molar-refractivity contribution in [3.8, 4) is 0 Å². The van der Waals surface area contributed by atoms with E-state index in [-0.39, 0.29) is 5.91 Å². The molecule has 1 aliphatic rings. The molecule has 0 saturated heterocycles. The van der Waals surface area contributed by atoms with Crippen LogP contribution in [0.2, 0.25) is 0 Å². The summed E-state index contributed by atoms with van der Waals surface area (Å²) in [4.78, 5) is 13.8. The van der Waals surface area contributed by atoms with Crippen LogP contribution in [0.25, 0.3) is 0 Å². The Morgan fingerprint density at radius 1 is 1.42 bits per heavy atom. The van der Waals surface area contributed by atoms with Crippen molar-refractivity contribution < 1.29 is 4.79 Å². The number of para-hydroxylation sites is 1. The van der Waals surface area contributed by atoms with Crippen molar-refractivity contribution in [1.29, 1.82) is 0 Å². The fourth-order valence-electron chi connectivity index (χ4n) is 2.76. The fraction of sp³-hybridized carbons (Fsp3) is 0.562. The van der Waals surface area contributed by atoms with Crippen molar-refractivity contribution in [3.63, 3.8) is 0 Å². The topological polar surface area (TPSA) is 32.3 Å². The Kier molecular flexibility index (Phi) is 4.83. The molecule has 1 atom stereocenters. The summed E-state index contributed by atoms with van der Waals surface area (Å²) in [5.74, 6) is 0.178. The molecule has 0 bridgehead atoms. The van der Waals surface area contributed by atoms with Crippen molar-refractivity contribution in [1.82, 2.24) is 5.32 Å². The van der Waals surface area contributed by atoms with Crippen molar-refractivity contribution in [3.05, 3.63) is 29.8 Å². The van der Waals surface area contributed by atoms with E-state index in [1.54, 1.807) is 0 Å². The third-order valence-electron chi connectivity index (χ3n) is 3.72. The molecular weight excluding hydrogens is 236 g/mol. The van der Waals surface area contributed by atoms with Crippen LogP contribution in [0, 0.1) is 0 Å². The molecular formula is C16H24N2O. The standard InChI is InChI=1S/C16H24N2O/c1-3-7-16(19)17-10-6-11-18-13(2)12-14-8-4-5-9-15(14)18/h4-5,8-9,13H,3,6-7,10-12H2,1-2H3,(H,17,19). The zero-order valence-corrected chi connectivity index (χ0v) is 12.0. The van der Waals surface area contributed by atoms with E-state index in [2.05, 4.69) is 41.4 Å². The maximum absolute atomic E-state index is 11.4. The summed E-state index contributed by atoms with van der Waals surface area (Å²) < 4.78 is 0. The molecule has 0 spiro atoms. The summed E-state index contributed by atoms with van der Waals surface area (Å²) >= 11 is 0. The Morgan fingerprint density at radius 2 is 2.21 bits per heavy atom. The molecule has 1 aliphatic heterocycles. The highest BCUT2D eigenvalue weighted by atomic mass is 16.1. The first-order valence-corrected chi connectivity index (χ1v) is 7.33. The maximum Gasteiger partial charge on any atom is 0.219 e. The van der Waals surface area contributed by atoms with Crippen LogP contribution in [0.4, 0.5) is 5.69 Å². The molecule has 0 fully saturated rings. The molecule has 3 heteroatoms. The van der Waals surface area contributed by atoms with Crippen molar-refractivity contribution in [2.24, 2.45) is 0 Å². The number of hydrogen-bond acceptors (Lipinski definition) is 2. The van der Waals surface area contributed by atoms with Gasteiger partial charge in [0.25, 0.3) is 0 Å². The van der Waals surface area contributed by atoms with E-state index in [4.69, 9.17) is 0 Å². The summed E-state index contributed by atoms with van der Waals surface area (Å²) in [6.45, 7) is 6.10. The number of hydrogen-bond donors (Lipinski definition) is 1. The quantitative estimate of drug-likeness (QED) is 0.798. The summed E-state index contributed by atoms with van der Waals surface area (Å²) in [5, 5.41) is 2.98. The number of carbonyl (C=O) groups is 1. The number of carbonyl (C=O) groups excluding carboxylic acids is 1. The predicted molar refractivity (Wildman–Crippen MR) is 79.5 cm³/mol. The molecule has 1 aromatic carbocycles. The molecule has 1 aromatic rings. The Bertz CT molecular complexity index is 431. The number of amides is 1. The average Bonchev–Trinajstić information content (AvgIpc) is 2.71. The number of benzene rings is 1. The minimum Gasteiger partial charge on any atom is -0.368 e. The van der Waals surface area contributed by atoms with E-state index in [1.165, 1.54) is 11.3 Å². The smallest absolute Gasteiger partial charge is 0.219 e. The van der Waals surface area contributed by atoms with Crippen molar-refractivity contribution in [2.75, 3.05) is 18.0 Å². The van der Waals surface area contributed by atoms with Gasteiger partial charge < -0.3 is 10.2 Å². The highest BCUT2D eigenvalue weighted by Crippen LogP contribution is 2.31. The van der Waals surface area contributed by atoms with E-state index in [1.807, 2.05) is 6.92 Å². The number of anilines is 1. The summed E-state index contributed by atoms with van der Waals surface area (Å²) in [6.07, 6.45) is 3.71. The van der Waals surface area contributed by atoms with Crippen LogP contribution in [0.5, 0.6) is 0 Å². The second kappa shape index (κ2) is 6.60. The molecule has 0 aliphatic carbocycles. The van der Waals surface area contributed by atoms with E-state index >= 15 is 0 Å². The minimum atomic E-state index is 0.178. The van der Waals surface area contributed by atoms with E-state index in [0.717, 1.165) is 32.4 Å². The van der Waals surface area contributed by atoms with Crippen LogP contribution in [0.3, 0.4) is 0 Å². The largest absolute Gasteiger partial charge is 0.368 e. The van der Waals surface area contributed by atoms with Crippen LogP contribution in [-0.4, -0.2) is 25.0 Å². The van der Waals surface area contributed by atoms with Crippen LogP contribution >= 0.6 is 0 Å². The van der Waals surface area contributed by atoms with E-state index < -0.39 is 0 Å². The van der Waals surface area contributed by atoms with Gasteiger partial charge in [-0.1, -0.05) is 25.1 Å². The Hall–Kier alpha value is -1.51. The highest BCUT2D eigenvalue weighted by molar-refractivity contribution is 5.75. The van der Waals surface area contributed by atoms with Crippen LogP contribution in [0.1, 0.15) is 38.7 Å². The first kappa shape index (κ1) is 13.9. The number of rotatable bonds is 6. The highest BCUT2D eigenvalue weighted by Gasteiger charge is 2.24. The van der Waals surface area contributed by atoms with Gasteiger partial charge in [-0.05, 0) is 37.8 Å². The first-order valence-electron chi connectivity index (χ1n) is 7.33. The molecule has 1 unspecified atom stereocenters. The van der Waals surface area contributed by atoms with Crippen molar-refractivity contribution >= 4 is 11.6 Å². The van der Waals surface area contributed by atoms with Gasteiger partial charge in [0, 0.05) is 31.2 Å². The third kappa shape index (κ3) is 3.49. The molecule has 1 amide bonds. The van der Waals surface area contributed by atoms with Gasteiger partial charge in [0.15, 0.2) is 0 Å². The van der Waals surface area contributed by atoms with Gasteiger partial charge in [-0.15, -0.1) is 0 Å². The van der Waals surface area contributed by atoms with Gasteiger partial charge in [0.05, 0.1) is 0 Å². The van der Waals surface area contributed by atoms with E-state index in [9.17, 15) is 4.79 Å². The van der Waals surface area contributed by atoms with Crippen LogP contribution in [0.15, 0.2) is 24.3 Å². The monoisotopic (exact) mass is 260 g/mol. The second-order valence-corrected chi connectivity index (χ2v) is 5.33. The molecule has 19 heavy (non-hydrogen) atoms. The first-order chi connectivity index (χ1) is 9.22. The molecule has 104 valence electrons. The van der Waals surface area contributed by atoms with Gasteiger partial charge in [-0.25, -0.2) is 0 Å².